The van der Waals surface area contributed by atoms with Crippen LogP contribution in [-0.4, -0.2) is 75.2 Å². The maximum absolute atomic E-state index is 14.4. The highest BCUT2D eigenvalue weighted by Crippen LogP contribution is 2.49. The van der Waals surface area contributed by atoms with Crippen molar-refractivity contribution in [1.29, 1.82) is 0 Å². The highest BCUT2D eigenvalue weighted by molar-refractivity contribution is 6.12. The minimum Gasteiger partial charge on any atom is -0.460 e. The molecule has 82 heavy (non-hydrogen) atoms. The van der Waals surface area contributed by atoms with Crippen molar-refractivity contribution in [2.45, 2.75) is 59.9 Å². The number of carbonyl (C=O) groups excluding carboxylic acids is 6. The maximum Gasteiger partial charge on any atom is 0.412 e. The molecule has 1 saturated carbocycles. The van der Waals surface area contributed by atoms with E-state index in [4.69, 9.17) is 28.4 Å². The standard InChI is InChI=1S/C66H64N4O12/c1-40(2)59(71)77-34-32-67-61(73)79-51-28-24-42-16-8-12-20-47(42)55(51)57-49-22-14-10-18-44(49)26-30-53(57)81-63(75)69-39-66(7)37-46(36-65(5,6)38-66)70-64(76)82-54-31-27-45-19-11-15-23-50(45)58(54)56-48-21-13-9-17-43(48)25-29-52(56)80-62(74)68-33-35-78-60(72)41(3)4/h8-31,46H,1,3,32-39H2,2,4-7H3,(H,67,73)(H,68,74)(H,69,75)(H,70,76). The van der Waals surface area contributed by atoms with Gasteiger partial charge in [-0.1, -0.05) is 155 Å². The molecule has 16 heteroatoms. The Labute approximate surface area is 474 Å². The number of esters is 2. The van der Waals surface area contributed by atoms with Crippen LogP contribution in [0.2, 0.25) is 0 Å². The third-order valence-electron chi connectivity index (χ3n) is 14.2. The zero-order valence-electron chi connectivity index (χ0n) is 46.4. The lowest BCUT2D eigenvalue weighted by molar-refractivity contribution is -0.139. The van der Waals surface area contributed by atoms with Crippen molar-refractivity contribution in [3.8, 4) is 45.3 Å². The molecule has 0 radical (unpaired) electrons. The Balaban J connectivity index is 0.932. The Morgan fingerprint density at radius 1 is 0.451 bits per heavy atom. The Kier molecular flexibility index (Phi) is 17.2. The molecule has 1 aliphatic carbocycles. The van der Waals surface area contributed by atoms with Crippen molar-refractivity contribution in [2.75, 3.05) is 32.8 Å². The lowest BCUT2D eigenvalue weighted by atomic mass is 9.62. The first-order valence-corrected chi connectivity index (χ1v) is 26.9. The number of hydrogen-bond donors (Lipinski definition) is 4. The van der Waals surface area contributed by atoms with Crippen molar-refractivity contribution < 1.29 is 57.2 Å². The van der Waals surface area contributed by atoms with E-state index >= 15 is 0 Å². The Morgan fingerprint density at radius 3 is 1.13 bits per heavy atom. The fraction of sp³-hybridized carbons (Fsp3) is 0.242. The molecule has 0 aliphatic heterocycles. The van der Waals surface area contributed by atoms with Gasteiger partial charge in [0.2, 0.25) is 0 Å². The second-order valence-corrected chi connectivity index (χ2v) is 21.6. The van der Waals surface area contributed by atoms with E-state index in [0.717, 1.165) is 43.1 Å². The number of carbonyl (C=O) groups is 6. The summed E-state index contributed by atoms with van der Waals surface area (Å²) in [6, 6.07) is 44.4. The van der Waals surface area contributed by atoms with E-state index in [0.29, 0.717) is 41.5 Å². The topological polar surface area (TPSA) is 206 Å². The fourth-order valence-electron chi connectivity index (χ4n) is 11.1. The zero-order chi connectivity index (χ0) is 58.1. The minimum atomic E-state index is -0.783. The van der Waals surface area contributed by atoms with Crippen molar-refractivity contribution in [3.63, 3.8) is 0 Å². The van der Waals surface area contributed by atoms with Crippen LogP contribution in [0.25, 0.3) is 65.3 Å². The molecule has 2 atom stereocenters. The zero-order valence-corrected chi connectivity index (χ0v) is 46.4. The van der Waals surface area contributed by atoms with Gasteiger partial charge < -0.3 is 49.7 Å². The van der Waals surface area contributed by atoms with E-state index in [1.54, 1.807) is 24.3 Å². The predicted molar refractivity (Wildman–Crippen MR) is 316 cm³/mol. The summed E-state index contributed by atoms with van der Waals surface area (Å²) >= 11 is 0. The Bertz CT molecular complexity index is 3830. The minimum absolute atomic E-state index is 0.0115. The molecule has 420 valence electrons. The van der Waals surface area contributed by atoms with Gasteiger partial charge in [-0.15, -0.1) is 0 Å². The summed E-state index contributed by atoms with van der Waals surface area (Å²) in [5.74, 6) is -0.295. The second-order valence-electron chi connectivity index (χ2n) is 21.6. The molecule has 0 spiro atoms. The van der Waals surface area contributed by atoms with Crippen LogP contribution in [0.4, 0.5) is 19.2 Å². The highest BCUT2D eigenvalue weighted by atomic mass is 16.6. The van der Waals surface area contributed by atoms with Crippen molar-refractivity contribution in [1.82, 2.24) is 21.3 Å². The number of fused-ring (bicyclic) bond motifs is 4. The van der Waals surface area contributed by atoms with Gasteiger partial charge in [0.25, 0.3) is 0 Å². The van der Waals surface area contributed by atoms with Gasteiger partial charge in [0.1, 0.15) is 36.2 Å². The molecule has 8 aromatic carbocycles. The number of nitrogens with one attached hydrogen (secondary N) is 4. The molecule has 4 N–H and O–H groups in total. The summed E-state index contributed by atoms with van der Waals surface area (Å²) in [6.45, 7) is 16.5. The SMILES string of the molecule is C=C(C)C(=O)OCCNC(=O)Oc1ccc2ccccc2c1-c1c(OC(=O)NCC2(C)CC(NC(=O)Oc3ccc4ccccc4c3-c3c(OC(=O)NCCOC(=O)C(=C)C)ccc4ccccc34)CC(C)(C)C2)ccc2ccccc12. The van der Waals surface area contributed by atoms with Crippen LogP contribution >= 0.6 is 0 Å². The largest absolute Gasteiger partial charge is 0.460 e. The first kappa shape index (κ1) is 57.0. The van der Waals surface area contributed by atoms with Crippen LogP contribution in [0.1, 0.15) is 53.9 Å². The van der Waals surface area contributed by atoms with Gasteiger partial charge in [-0.05, 0) is 111 Å². The summed E-state index contributed by atoms with van der Waals surface area (Å²) in [5, 5.41) is 17.8. The normalized spacial score (nSPS) is 15.4. The van der Waals surface area contributed by atoms with E-state index in [2.05, 4.69) is 55.2 Å². The summed E-state index contributed by atoms with van der Waals surface area (Å²) in [5.41, 5.74) is 1.74. The summed E-state index contributed by atoms with van der Waals surface area (Å²) < 4.78 is 34.8. The lowest BCUT2D eigenvalue weighted by Gasteiger charge is -2.46. The lowest BCUT2D eigenvalue weighted by Crippen LogP contribution is -2.51. The average Bonchev–Trinajstić information content (AvgIpc) is 3.48. The molecular formula is C66H64N4O12. The van der Waals surface area contributed by atoms with Crippen LogP contribution in [0, 0.1) is 10.8 Å². The Morgan fingerprint density at radius 2 is 0.780 bits per heavy atom. The first-order chi connectivity index (χ1) is 39.3. The quantitative estimate of drug-likeness (QED) is 0.0382. The van der Waals surface area contributed by atoms with E-state index < -0.39 is 41.7 Å². The fourth-order valence-corrected chi connectivity index (χ4v) is 11.1. The van der Waals surface area contributed by atoms with Gasteiger partial charge in [-0.25, -0.2) is 28.8 Å². The number of ether oxygens (including phenoxy) is 6. The van der Waals surface area contributed by atoms with Gasteiger partial charge in [0.05, 0.1) is 13.1 Å². The van der Waals surface area contributed by atoms with Gasteiger partial charge in [-0.3, -0.25) is 0 Å². The van der Waals surface area contributed by atoms with Gasteiger partial charge in [-0.2, -0.15) is 0 Å². The monoisotopic (exact) mass is 1100 g/mol. The van der Waals surface area contributed by atoms with Crippen molar-refractivity contribution in [3.05, 3.63) is 170 Å². The van der Waals surface area contributed by atoms with E-state index in [-0.39, 0.29) is 78.4 Å². The summed E-state index contributed by atoms with van der Waals surface area (Å²) in [7, 11) is 0. The number of hydrogen-bond acceptors (Lipinski definition) is 12. The molecule has 1 fully saturated rings. The molecule has 2 unspecified atom stereocenters. The molecule has 1 aliphatic rings. The summed E-state index contributed by atoms with van der Waals surface area (Å²) in [6.07, 6.45) is -1.17. The molecule has 0 heterocycles. The van der Waals surface area contributed by atoms with Gasteiger partial charge >= 0.3 is 36.3 Å². The molecule has 0 aromatic heterocycles. The van der Waals surface area contributed by atoms with E-state index in [1.165, 1.54) is 13.8 Å². The summed E-state index contributed by atoms with van der Waals surface area (Å²) in [4.78, 5) is 79.0. The van der Waals surface area contributed by atoms with Crippen LogP contribution in [0.15, 0.2) is 170 Å². The predicted octanol–water partition coefficient (Wildman–Crippen LogP) is 13.5. The number of rotatable bonds is 17. The molecular weight excluding hydrogens is 1040 g/mol. The molecule has 0 bridgehead atoms. The maximum atomic E-state index is 14.4. The average molecular weight is 1110 g/mol. The second kappa shape index (κ2) is 24.8. The van der Waals surface area contributed by atoms with E-state index in [9.17, 15) is 28.8 Å². The van der Waals surface area contributed by atoms with Crippen LogP contribution in [0.5, 0.6) is 23.0 Å². The molecule has 4 amide bonds. The van der Waals surface area contributed by atoms with Crippen LogP contribution in [-0.2, 0) is 19.1 Å². The molecule has 0 saturated heterocycles. The third kappa shape index (κ3) is 13.5. The first-order valence-electron chi connectivity index (χ1n) is 26.9. The molecule has 8 aromatic rings. The van der Waals surface area contributed by atoms with Gasteiger partial charge in [0.15, 0.2) is 0 Å². The van der Waals surface area contributed by atoms with Crippen molar-refractivity contribution >= 4 is 79.4 Å². The molecule has 9 rings (SSSR count). The van der Waals surface area contributed by atoms with Crippen LogP contribution in [0.3, 0.4) is 0 Å². The molecule has 16 nitrogen and oxygen atoms in total. The van der Waals surface area contributed by atoms with E-state index in [1.807, 2.05) is 121 Å². The highest BCUT2D eigenvalue weighted by Gasteiger charge is 2.42. The Hall–Kier alpha value is -9.70. The van der Waals surface area contributed by atoms with Crippen LogP contribution < -0.4 is 40.2 Å². The van der Waals surface area contributed by atoms with Crippen molar-refractivity contribution in [2.24, 2.45) is 10.8 Å². The van der Waals surface area contributed by atoms with Gasteiger partial charge in [0, 0.05) is 46.0 Å². The number of amides is 4. The third-order valence-corrected chi connectivity index (χ3v) is 14.2. The number of benzene rings is 8. The smallest absolute Gasteiger partial charge is 0.412 e.